The van der Waals surface area contributed by atoms with Gasteiger partial charge in [-0.15, -0.1) is 0 Å². The Bertz CT molecular complexity index is 661. The van der Waals surface area contributed by atoms with E-state index < -0.39 is 11.8 Å². The van der Waals surface area contributed by atoms with Crippen LogP contribution in [-0.4, -0.2) is 16.7 Å². The lowest BCUT2D eigenvalue weighted by atomic mass is 10.1. The third kappa shape index (κ3) is 1.70. The van der Waals surface area contributed by atoms with Gasteiger partial charge in [-0.3, -0.25) is 0 Å². The van der Waals surface area contributed by atoms with Gasteiger partial charge in [0.2, 0.25) is 5.88 Å². The van der Waals surface area contributed by atoms with Crippen molar-refractivity contribution in [2.45, 2.75) is 26.6 Å². The van der Waals surface area contributed by atoms with Crippen LogP contribution in [-0.2, 0) is 4.74 Å². The van der Waals surface area contributed by atoms with Gasteiger partial charge in [-0.1, -0.05) is 11.6 Å². The van der Waals surface area contributed by atoms with Crippen molar-refractivity contribution >= 4 is 16.9 Å². The van der Waals surface area contributed by atoms with Crippen molar-refractivity contribution in [1.29, 1.82) is 0 Å². The van der Waals surface area contributed by atoms with Crippen LogP contribution in [0.2, 0.25) is 0 Å². The second kappa shape index (κ2) is 3.45. The molecule has 0 fully saturated rings. The normalized spacial score (nSPS) is 16.9. The summed E-state index contributed by atoms with van der Waals surface area (Å²) >= 11 is 0. The lowest BCUT2D eigenvalue weighted by Gasteiger charge is -2.30. The van der Waals surface area contributed by atoms with Crippen molar-refractivity contribution in [1.82, 2.24) is 4.98 Å². The standard InChI is InChI=1S/C14H13NO3/c1-8-4-5-11-9(6-8)7-10-12(15-11)17-14(2,3)18-13(10)16/h4-7H,1-3H3. The second-order valence-electron chi connectivity index (χ2n) is 4.93. The minimum Gasteiger partial charge on any atom is -0.435 e. The van der Waals surface area contributed by atoms with Crippen LogP contribution >= 0.6 is 0 Å². The number of aryl methyl sites for hydroxylation is 1. The molecule has 0 bridgehead atoms. The fraction of sp³-hybridized carbons (Fsp3) is 0.286. The Hall–Kier alpha value is -2.10. The number of hydrogen-bond donors (Lipinski definition) is 0. The summed E-state index contributed by atoms with van der Waals surface area (Å²) in [4.78, 5) is 16.3. The van der Waals surface area contributed by atoms with E-state index in [2.05, 4.69) is 4.98 Å². The Balaban J connectivity index is 2.24. The van der Waals surface area contributed by atoms with Gasteiger partial charge in [0.05, 0.1) is 5.52 Å². The number of nitrogens with zero attached hydrogens (tertiary/aromatic N) is 1. The lowest BCUT2D eigenvalue weighted by Crippen LogP contribution is -2.39. The summed E-state index contributed by atoms with van der Waals surface area (Å²) in [6.07, 6.45) is 0. The van der Waals surface area contributed by atoms with E-state index in [0.717, 1.165) is 16.5 Å². The van der Waals surface area contributed by atoms with E-state index in [9.17, 15) is 4.79 Å². The first-order chi connectivity index (χ1) is 8.44. The molecule has 4 heteroatoms. The van der Waals surface area contributed by atoms with Crippen LogP contribution in [0.25, 0.3) is 10.9 Å². The van der Waals surface area contributed by atoms with Gasteiger partial charge in [0.1, 0.15) is 5.56 Å². The van der Waals surface area contributed by atoms with Gasteiger partial charge in [-0.05, 0) is 25.1 Å². The Morgan fingerprint density at radius 3 is 2.72 bits per heavy atom. The molecule has 0 amide bonds. The van der Waals surface area contributed by atoms with Crippen molar-refractivity contribution in [3.8, 4) is 5.88 Å². The van der Waals surface area contributed by atoms with Crippen molar-refractivity contribution in [3.63, 3.8) is 0 Å². The molecule has 0 atom stereocenters. The highest BCUT2D eigenvalue weighted by molar-refractivity contribution is 5.97. The number of rotatable bonds is 0. The van der Waals surface area contributed by atoms with Crippen LogP contribution in [0.3, 0.4) is 0 Å². The minimum atomic E-state index is -0.963. The molecular weight excluding hydrogens is 230 g/mol. The molecule has 0 spiro atoms. The SMILES string of the molecule is Cc1ccc2nc3c(cc2c1)C(=O)OC(C)(C)O3. The molecule has 0 radical (unpaired) electrons. The van der Waals surface area contributed by atoms with Gasteiger partial charge >= 0.3 is 5.97 Å². The summed E-state index contributed by atoms with van der Waals surface area (Å²) in [7, 11) is 0. The number of benzene rings is 1. The zero-order valence-corrected chi connectivity index (χ0v) is 10.5. The van der Waals surface area contributed by atoms with Gasteiger partial charge in [-0.25, -0.2) is 9.78 Å². The van der Waals surface area contributed by atoms with Crippen LogP contribution in [0.1, 0.15) is 29.8 Å². The number of pyridine rings is 1. The number of cyclic esters (lactones) is 1. The van der Waals surface area contributed by atoms with E-state index in [1.807, 2.05) is 25.1 Å². The highest BCUT2D eigenvalue weighted by Gasteiger charge is 2.35. The largest absolute Gasteiger partial charge is 0.435 e. The first kappa shape index (κ1) is 11.0. The fourth-order valence-corrected chi connectivity index (χ4v) is 2.03. The zero-order valence-electron chi connectivity index (χ0n) is 10.5. The van der Waals surface area contributed by atoms with Crippen LogP contribution in [0.5, 0.6) is 5.88 Å². The van der Waals surface area contributed by atoms with E-state index in [1.165, 1.54) is 0 Å². The van der Waals surface area contributed by atoms with E-state index >= 15 is 0 Å². The quantitative estimate of drug-likeness (QED) is 0.667. The maximum Gasteiger partial charge on any atom is 0.346 e. The van der Waals surface area contributed by atoms with E-state index in [-0.39, 0.29) is 0 Å². The molecule has 1 aliphatic heterocycles. The van der Waals surface area contributed by atoms with E-state index in [1.54, 1.807) is 19.9 Å². The molecule has 1 aliphatic rings. The molecule has 0 aliphatic carbocycles. The third-order valence-corrected chi connectivity index (χ3v) is 2.84. The number of ether oxygens (including phenoxy) is 2. The summed E-state index contributed by atoms with van der Waals surface area (Å²) in [6.45, 7) is 5.38. The molecule has 0 N–H and O–H groups in total. The molecule has 3 rings (SSSR count). The third-order valence-electron chi connectivity index (χ3n) is 2.84. The molecule has 92 valence electrons. The molecule has 0 saturated carbocycles. The summed E-state index contributed by atoms with van der Waals surface area (Å²) in [6, 6.07) is 7.65. The molecular formula is C14H13NO3. The molecule has 4 nitrogen and oxygen atoms in total. The predicted octanol–water partition coefficient (Wildman–Crippen LogP) is 2.83. The van der Waals surface area contributed by atoms with Crippen molar-refractivity contribution in [2.75, 3.05) is 0 Å². The summed E-state index contributed by atoms with van der Waals surface area (Å²) < 4.78 is 10.8. The molecule has 2 aromatic rings. The number of hydrogen-bond acceptors (Lipinski definition) is 4. The maximum absolute atomic E-state index is 11.9. The second-order valence-corrected chi connectivity index (χ2v) is 4.93. The Labute approximate surface area is 105 Å². The first-order valence-corrected chi connectivity index (χ1v) is 5.78. The van der Waals surface area contributed by atoms with Gasteiger partial charge < -0.3 is 9.47 Å². The van der Waals surface area contributed by atoms with Crippen LogP contribution in [0.4, 0.5) is 0 Å². The average molecular weight is 243 g/mol. The first-order valence-electron chi connectivity index (χ1n) is 5.78. The smallest absolute Gasteiger partial charge is 0.346 e. The molecule has 18 heavy (non-hydrogen) atoms. The van der Waals surface area contributed by atoms with Crippen LogP contribution in [0, 0.1) is 6.92 Å². The van der Waals surface area contributed by atoms with Crippen LogP contribution in [0.15, 0.2) is 24.3 Å². The highest BCUT2D eigenvalue weighted by atomic mass is 16.7. The van der Waals surface area contributed by atoms with Crippen LogP contribution < -0.4 is 4.74 Å². The molecule has 0 saturated heterocycles. The average Bonchev–Trinajstić information content (AvgIpc) is 2.26. The number of esters is 1. The fourth-order valence-electron chi connectivity index (χ4n) is 2.03. The maximum atomic E-state index is 11.9. The summed E-state index contributed by atoms with van der Waals surface area (Å²) in [5.74, 6) is -1.01. The summed E-state index contributed by atoms with van der Waals surface area (Å²) in [5.41, 5.74) is 2.31. The van der Waals surface area contributed by atoms with Gasteiger partial charge in [0, 0.05) is 19.2 Å². The molecule has 2 heterocycles. The van der Waals surface area contributed by atoms with Gasteiger partial charge in [-0.2, -0.15) is 0 Å². The number of aromatic nitrogens is 1. The monoisotopic (exact) mass is 243 g/mol. The molecule has 1 aromatic heterocycles. The molecule has 1 aromatic carbocycles. The lowest BCUT2D eigenvalue weighted by molar-refractivity contribution is -0.129. The Morgan fingerprint density at radius 1 is 1.17 bits per heavy atom. The van der Waals surface area contributed by atoms with Crippen molar-refractivity contribution in [2.24, 2.45) is 0 Å². The number of fused-ring (bicyclic) bond motifs is 2. The van der Waals surface area contributed by atoms with Gasteiger partial charge in [0.15, 0.2) is 0 Å². The highest BCUT2D eigenvalue weighted by Crippen LogP contribution is 2.31. The summed E-state index contributed by atoms with van der Waals surface area (Å²) in [5, 5.41) is 0.911. The predicted molar refractivity (Wildman–Crippen MR) is 66.6 cm³/mol. The van der Waals surface area contributed by atoms with Gasteiger partial charge in [0.25, 0.3) is 5.79 Å². The number of carbonyl (C=O) groups excluding carboxylic acids is 1. The Morgan fingerprint density at radius 2 is 1.94 bits per heavy atom. The Kier molecular flexibility index (Phi) is 2.11. The van der Waals surface area contributed by atoms with E-state index in [0.29, 0.717) is 11.4 Å². The molecule has 0 unspecified atom stereocenters. The number of carbonyl (C=O) groups is 1. The van der Waals surface area contributed by atoms with Crippen molar-refractivity contribution < 1.29 is 14.3 Å². The minimum absolute atomic E-state index is 0.340. The topological polar surface area (TPSA) is 48.4 Å². The van der Waals surface area contributed by atoms with E-state index in [4.69, 9.17) is 9.47 Å². The zero-order chi connectivity index (χ0) is 12.9. The van der Waals surface area contributed by atoms with Crippen molar-refractivity contribution in [3.05, 3.63) is 35.4 Å².